The Balaban J connectivity index is 0.952. The molecule has 2 aliphatic rings. The first-order valence-corrected chi connectivity index (χ1v) is 24.4. The van der Waals surface area contributed by atoms with E-state index in [1.165, 1.54) is 0 Å². The van der Waals surface area contributed by atoms with Crippen molar-refractivity contribution < 1.29 is 0 Å². The van der Waals surface area contributed by atoms with Crippen LogP contribution in [0.1, 0.15) is 52.0 Å². The van der Waals surface area contributed by atoms with Crippen molar-refractivity contribution in [3.05, 3.63) is 166 Å². The van der Waals surface area contributed by atoms with E-state index in [1.54, 1.807) is 0 Å². The normalized spacial score (nSPS) is 12.6. The first kappa shape index (κ1) is 41.1. The first-order valence-electron chi connectivity index (χ1n) is 24.4. The number of rotatable bonds is 3. The van der Waals surface area contributed by atoms with Gasteiger partial charge >= 0.3 is 0 Å². The number of hydrogen-bond acceptors (Lipinski definition) is 10. The lowest BCUT2D eigenvalue weighted by Gasteiger charge is -2.09. The molecule has 0 saturated carbocycles. The maximum Gasteiger partial charge on any atom is 0.0917 e. The molecule has 8 bridgehead atoms. The van der Waals surface area contributed by atoms with Gasteiger partial charge in [0.15, 0.2) is 0 Å². The third-order valence-electron chi connectivity index (χ3n) is 14.3. The topological polar surface area (TPSA) is 160 Å². The number of hydrogen-bond donors (Lipinski definition) is 2. The van der Waals surface area contributed by atoms with E-state index in [0.717, 1.165) is 184 Å². The molecule has 344 valence electrons. The Labute approximate surface area is 415 Å². The number of benzene rings is 6. The predicted octanol–water partition coefficient (Wildman–Crippen LogP) is 13.9. The van der Waals surface area contributed by atoms with E-state index in [0.29, 0.717) is 0 Å². The zero-order valence-electron chi connectivity index (χ0n) is 40.0. The molecule has 12 heteroatoms. The molecule has 12 nitrogen and oxygen atoms in total. The summed E-state index contributed by atoms with van der Waals surface area (Å²) in [7, 11) is 0. The van der Waals surface area contributed by atoms with Crippen molar-refractivity contribution in [2.45, 2.75) is 34.1 Å². The van der Waals surface area contributed by atoms with E-state index in [2.05, 4.69) is 135 Å². The minimum atomic E-state index is 0.746. The smallest absolute Gasteiger partial charge is 0.0917 e. The minimum Gasteiger partial charge on any atom is -0.355 e. The zero-order chi connectivity index (χ0) is 48.6. The molecule has 2 N–H and O–H groups in total. The van der Waals surface area contributed by atoms with Gasteiger partial charge < -0.3 is 9.97 Å². The number of aromatic nitrogens is 12. The highest BCUT2D eigenvalue weighted by molar-refractivity contribution is 6.02. The second kappa shape index (κ2) is 15.4. The lowest BCUT2D eigenvalue weighted by molar-refractivity contribution is 1.11. The summed E-state index contributed by atoms with van der Waals surface area (Å²) in [6.07, 6.45) is 9.23. The molecular formula is C61H40N12. The average molecular weight is 941 g/mol. The fourth-order valence-electron chi connectivity index (χ4n) is 10.6. The van der Waals surface area contributed by atoms with E-state index in [9.17, 15) is 0 Å². The van der Waals surface area contributed by atoms with Crippen LogP contribution < -0.4 is 0 Å². The maximum absolute atomic E-state index is 5.54. The second-order valence-electron chi connectivity index (χ2n) is 19.2. The number of H-pyrrole nitrogens is 2. The van der Waals surface area contributed by atoms with Gasteiger partial charge in [-0.15, -0.1) is 0 Å². The Kier molecular flexibility index (Phi) is 8.68. The van der Waals surface area contributed by atoms with Crippen LogP contribution in [0, 0.1) is 20.8 Å². The van der Waals surface area contributed by atoms with Crippen LogP contribution >= 0.6 is 0 Å². The number of nitrogens with one attached hydrogen (secondary N) is 2. The average Bonchev–Trinajstić information content (AvgIpc) is 4.25. The van der Waals surface area contributed by atoms with Crippen LogP contribution in [0.15, 0.2) is 121 Å². The molecule has 13 aromatic rings. The van der Waals surface area contributed by atoms with Crippen molar-refractivity contribution in [1.29, 1.82) is 0 Å². The van der Waals surface area contributed by atoms with Gasteiger partial charge in [0.25, 0.3) is 0 Å². The van der Waals surface area contributed by atoms with Crippen LogP contribution in [-0.2, 0) is 6.42 Å². The van der Waals surface area contributed by atoms with Crippen LogP contribution in [0.3, 0.4) is 0 Å². The molecule has 15 rings (SSSR count). The summed E-state index contributed by atoms with van der Waals surface area (Å²) >= 11 is 0. The quantitative estimate of drug-likeness (QED) is 0.163. The first-order chi connectivity index (χ1) is 35.7. The molecule has 73 heavy (non-hydrogen) atoms. The van der Waals surface area contributed by atoms with Crippen molar-refractivity contribution in [3.8, 4) is 22.3 Å². The van der Waals surface area contributed by atoms with Gasteiger partial charge in [-0.25, -0.2) is 49.8 Å². The third-order valence-corrected chi connectivity index (χ3v) is 14.3. The van der Waals surface area contributed by atoms with Crippen LogP contribution in [0.5, 0.6) is 0 Å². The van der Waals surface area contributed by atoms with E-state index < -0.39 is 0 Å². The Morgan fingerprint density at radius 3 is 1.11 bits per heavy atom. The van der Waals surface area contributed by atoms with Gasteiger partial charge in [0, 0.05) is 38.8 Å². The summed E-state index contributed by atoms with van der Waals surface area (Å²) in [5.74, 6) is 0. The molecule has 0 radical (unpaired) electrons. The molecule has 0 aliphatic carbocycles. The minimum absolute atomic E-state index is 0.746. The third kappa shape index (κ3) is 6.67. The van der Waals surface area contributed by atoms with Gasteiger partial charge in [-0.3, -0.25) is 0 Å². The summed E-state index contributed by atoms with van der Waals surface area (Å²) in [6.45, 7) is 8.42. The Morgan fingerprint density at radius 1 is 0.301 bits per heavy atom. The summed E-state index contributed by atoms with van der Waals surface area (Å²) in [4.78, 5) is 58.8. The molecule has 0 unspecified atom stereocenters. The molecule has 0 fully saturated rings. The highest BCUT2D eigenvalue weighted by Crippen LogP contribution is 2.37. The number of nitrogens with zero attached hydrogens (tertiary/aromatic N) is 10. The van der Waals surface area contributed by atoms with Crippen LogP contribution in [0.25, 0.3) is 157 Å². The summed E-state index contributed by atoms with van der Waals surface area (Å²) in [5, 5.41) is 0. The van der Waals surface area contributed by atoms with Crippen molar-refractivity contribution in [2.24, 2.45) is 0 Å². The Hall–Kier alpha value is -9.68. The van der Waals surface area contributed by atoms with Crippen molar-refractivity contribution in [2.75, 3.05) is 0 Å². The number of aryl methyl sites for hydroxylation is 4. The Morgan fingerprint density at radius 2 is 0.644 bits per heavy atom. The molecule has 0 saturated heterocycles. The zero-order valence-corrected chi connectivity index (χ0v) is 40.0. The molecule has 7 aromatic heterocycles. The van der Waals surface area contributed by atoms with Crippen LogP contribution in [0.2, 0.25) is 0 Å². The van der Waals surface area contributed by atoms with Crippen molar-refractivity contribution >= 4 is 135 Å². The summed E-state index contributed by atoms with van der Waals surface area (Å²) in [5.41, 5.74) is 28.0. The Bertz CT molecular complexity index is 4890. The van der Waals surface area contributed by atoms with E-state index >= 15 is 0 Å². The summed E-state index contributed by atoms with van der Waals surface area (Å²) < 4.78 is 0. The van der Waals surface area contributed by atoms with Crippen LogP contribution in [-0.4, -0.2) is 59.8 Å². The van der Waals surface area contributed by atoms with Crippen molar-refractivity contribution in [1.82, 2.24) is 59.8 Å². The highest BCUT2D eigenvalue weighted by Gasteiger charge is 2.19. The van der Waals surface area contributed by atoms with E-state index in [1.807, 2.05) is 48.5 Å². The molecule has 0 amide bonds. The standard InChI is InChI=1S/C61H40N12/c1-5-35-38-16-14-36(62-38)32(4)37-15-18-44(63-37)60(33-8-12-42-50(24-33)72-58-28-52-56(26-54(58)67-42)70-48-22-30(2)6-10-40(48)65-52)46-20-21-47(69-46)61(45-19-17-39(35)64-45)34-9-13-43-51(25-34)73-59-29-53-57(27-55(59)68-43)71-49-23-31(3)7-11-41(49)66-53/h6-29,63-64H,5H2,1-4H3. The predicted molar refractivity (Wildman–Crippen MR) is 296 cm³/mol. The molecule has 0 atom stereocenters. The van der Waals surface area contributed by atoms with Gasteiger partial charge in [-0.2, -0.15) is 0 Å². The fraction of sp³-hybridized carbons (Fsp3) is 0.0820. The monoisotopic (exact) mass is 940 g/mol. The van der Waals surface area contributed by atoms with Crippen LogP contribution in [0.4, 0.5) is 0 Å². The molecule has 6 aromatic carbocycles. The van der Waals surface area contributed by atoms with E-state index in [4.69, 9.17) is 49.8 Å². The number of fused-ring (bicyclic) bond motifs is 16. The van der Waals surface area contributed by atoms with Gasteiger partial charge in [0.05, 0.1) is 111 Å². The van der Waals surface area contributed by atoms with Gasteiger partial charge in [-0.1, -0.05) is 31.2 Å². The maximum atomic E-state index is 5.54. The fourth-order valence-corrected chi connectivity index (χ4v) is 10.6. The largest absolute Gasteiger partial charge is 0.355 e. The second-order valence-corrected chi connectivity index (χ2v) is 19.2. The molecule has 9 heterocycles. The van der Waals surface area contributed by atoms with Gasteiger partial charge in [0.1, 0.15) is 0 Å². The van der Waals surface area contributed by atoms with E-state index in [-0.39, 0.29) is 0 Å². The SMILES string of the molecule is CCc1c2nc(c(C)c3ccc([nH]3)c(-c3ccc4nc5cc6nc7cc(C)ccc7nc6cc5nc4c3)c3nc(c(-c4ccc5nc6cc7nc8cc(C)ccc8nc7cc6nc5c4)c4ccc1[nH]4)C=C3)C=C2. The summed E-state index contributed by atoms with van der Waals surface area (Å²) in [6, 6.07) is 41.3. The van der Waals surface area contributed by atoms with Crippen molar-refractivity contribution in [3.63, 3.8) is 0 Å². The lowest BCUT2D eigenvalue weighted by Crippen LogP contribution is -1.93. The highest BCUT2D eigenvalue weighted by atomic mass is 14.9. The lowest BCUT2D eigenvalue weighted by atomic mass is 10.0. The van der Waals surface area contributed by atoms with Gasteiger partial charge in [-0.05, 0) is 176 Å². The number of aromatic amines is 2. The van der Waals surface area contributed by atoms with Gasteiger partial charge in [0.2, 0.25) is 0 Å². The molecule has 2 aliphatic heterocycles. The molecular weight excluding hydrogens is 901 g/mol. The molecule has 0 spiro atoms.